The lowest BCUT2D eigenvalue weighted by Crippen LogP contribution is -2.42. The molecule has 3 aromatic rings. The lowest BCUT2D eigenvalue weighted by molar-refractivity contribution is -0.139. The molecule has 0 aliphatic heterocycles. The Labute approximate surface area is 150 Å². The van der Waals surface area contributed by atoms with E-state index in [0.29, 0.717) is 10.0 Å². The summed E-state index contributed by atoms with van der Waals surface area (Å²) in [5.41, 5.74) is 1.22. The minimum Gasteiger partial charge on any atom is -0.480 e. The zero-order valence-corrected chi connectivity index (χ0v) is 14.8. The molecule has 2 N–H and O–H groups in total. The molecule has 1 aromatic carbocycles. The van der Waals surface area contributed by atoms with Gasteiger partial charge in [0.2, 0.25) is 0 Å². The number of hydrogen-bond donors (Lipinski definition) is 2. The molecule has 122 valence electrons. The summed E-state index contributed by atoms with van der Waals surface area (Å²) in [6.45, 7) is 0. The minimum atomic E-state index is -1.07. The number of rotatable bonds is 5. The van der Waals surface area contributed by atoms with Gasteiger partial charge < -0.3 is 10.4 Å². The minimum absolute atomic E-state index is 0.229. The first-order valence-corrected chi connectivity index (χ1v) is 8.81. The number of carboxylic acids is 1. The summed E-state index contributed by atoms with van der Waals surface area (Å²) in [6, 6.07) is 8.40. The highest BCUT2D eigenvalue weighted by molar-refractivity contribution is 9.10. The highest BCUT2D eigenvalue weighted by atomic mass is 79.9. The number of hydrogen-bond acceptors (Lipinski definition) is 4. The Balaban J connectivity index is 1.80. The zero-order chi connectivity index (χ0) is 17.1. The number of carboxylic acid groups (broad SMARTS) is 1. The van der Waals surface area contributed by atoms with Gasteiger partial charge in [0.05, 0.1) is 5.56 Å². The van der Waals surface area contributed by atoms with Crippen LogP contribution in [0.25, 0.3) is 10.1 Å². The fourth-order valence-electron chi connectivity index (χ4n) is 2.39. The molecule has 24 heavy (non-hydrogen) atoms. The molecular formula is C17H13BrN2O3S. The SMILES string of the molecule is O=C(NC(Cc1csc2ccccc12)C(=O)O)c1cncc(Br)c1. The Morgan fingerprint density at radius 3 is 2.83 bits per heavy atom. The Morgan fingerprint density at radius 1 is 1.29 bits per heavy atom. The normalized spacial score (nSPS) is 12.0. The summed E-state index contributed by atoms with van der Waals surface area (Å²) < 4.78 is 1.75. The molecule has 7 heteroatoms. The predicted molar refractivity (Wildman–Crippen MR) is 96.4 cm³/mol. The van der Waals surface area contributed by atoms with E-state index in [9.17, 15) is 14.7 Å². The molecule has 0 saturated carbocycles. The third-order valence-electron chi connectivity index (χ3n) is 3.56. The first-order valence-electron chi connectivity index (χ1n) is 7.14. The quantitative estimate of drug-likeness (QED) is 0.681. The van der Waals surface area contributed by atoms with Gasteiger partial charge in [0.15, 0.2) is 0 Å². The van der Waals surface area contributed by atoms with Crippen LogP contribution in [0.3, 0.4) is 0 Å². The monoisotopic (exact) mass is 404 g/mol. The molecule has 0 fully saturated rings. The van der Waals surface area contributed by atoms with Crippen LogP contribution in [0.1, 0.15) is 15.9 Å². The number of carbonyl (C=O) groups is 2. The standard InChI is InChI=1S/C17H13BrN2O3S/c18-12-5-10(7-19-8-12)16(21)20-14(17(22)23)6-11-9-24-15-4-2-1-3-13(11)15/h1-5,7-9,14H,6H2,(H,20,21)(H,22,23). The first kappa shape index (κ1) is 16.6. The van der Waals surface area contributed by atoms with Gasteiger partial charge in [-0.2, -0.15) is 0 Å². The number of aliphatic carboxylic acids is 1. The van der Waals surface area contributed by atoms with Crippen LogP contribution in [-0.2, 0) is 11.2 Å². The van der Waals surface area contributed by atoms with E-state index in [-0.39, 0.29) is 6.42 Å². The molecule has 1 unspecified atom stereocenters. The van der Waals surface area contributed by atoms with Crippen molar-refractivity contribution in [3.05, 3.63) is 63.7 Å². The van der Waals surface area contributed by atoms with Crippen LogP contribution in [0.2, 0.25) is 0 Å². The van der Waals surface area contributed by atoms with Crippen molar-refractivity contribution in [2.45, 2.75) is 12.5 Å². The van der Waals surface area contributed by atoms with Gasteiger partial charge in [-0.25, -0.2) is 4.79 Å². The van der Waals surface area contributed by atoms with Crippen molar-refractivity contribution in [1.29, 1.82) is 0 Å². The molecule has 1 amide bonds. The molecule has 0 spiro atoms. The second-order valence-corrected chi connectivity index (χ2v) is 7.04. The van der Waals surface area contributed by atoms with E-state index in [2.05, 4.69) is 26.2 Å². The van der Waals surface area contributed by atoms with Crippen LogP contribution < -0.4 is 5.32 Å². The lowest BCUT2D eigenvalue weighted by atomic mass is 10.0. The maximum absolute atomic E-state index is 12.3. The Hall–Kier alpha value is -2.25. The predicted octanol–water partition coefficient (Wildman–Crippen LogP) is 3.48. The van der Waals surface area contributed by atoms with E-state index in [0.717, 1.165) is 15.6 Å². The number of benzene rings is 1. The van der Waals surface area contributed by atoms with Crippen LogP contribution in [0.4, 0.5) is 0 Å². The van der Waals surface area contributed by atoms with Gasteiger partial charge in [0, 0.05) is 28.0 Å². The van der Waals surface area contributed by atoms with Gasteiger partial charge in [-0.1, -0.05) is 18.2 Å². The van der Waals surface area contributed by atoms with Gasteiger partial charge >= 0.3 is 5.97 Å². The van der Waals surface area contributed by atoms with Crippen molar-refractivity contribution < 1.29 is 14.7 Å². The third kappa shape index (κ3) is 3.63. The number of carbonyl (C=O) groups excluding carboxylic acids is 1. The van der Waals surface area contributed by atoms with Crippen LogP contribution in [0.5, 0.6) is 0 Å². The maximum Gasteiger partial charge on any atom is 0.326 e. The van der Waals surface area contributed by atoms with E-state index in [1.165, 1.54) is 6.20 Å². The van der Waals surface area contributed by atoms with Gasteiger partial charge in [-0.15, -0.1) is 11.3 Å². The molecule has 1 atom stereocenters. The lowest BCUT2D eigenvalue weighted by Gasteiger charge is -2.14. The molecule has 2 heterocycles. The number of amides is 1. The van der Waals surface area contributed by atoms with Crippen LogP contribution in [0, 0.1) is 0 Å². The Morgan fingerprint density at radius 2 is 2.08 bits per heavy atom. The van der Waals surface area contributed by atoms with E-state index < -0.39 is 17.9 Å². The number of halogens is 1. The average Bonchev–Trinajstić information content (AvgIpc) is 2.97. The number of pyridine rings is 1. The fraction of sp³-hybridized carbons (Fsp3) is 0.118. The van der Waals surface area contributed by atoms with Crippen molar-refractivity contribution in [2.75, 3.05) is 0 Å². The van der Waals surface area contributed by atoms with Crippen molar-refractivity contribution in [3.63, 3.8) is 0 Å². The van der Waals surface area contributed by atoms with E-state index in [1.807, 2.05) is 29.6 Å². The molecule has 0 radical (unpaired) electrons. The van der Waals surface area contributed by atoms with Crippen molar-refractivity contribution >= 4 is 49.2 Å². The van der Waals surface area contributed by atoms with Crippen LogP contribution in [0.15, 0.2) is 52.6 Å². The zero-order valence-electron chi connectivity index (χ0n) is 12.4. The number of nitrogens with zero attached hydrogens (tertiary/aromatic N) is 1. The second-order valence-electron chi connectivity index (χ2n) is 5.22. The topological polar surface area (TPSA) is 79.3 Å². The largest absolute Gasteiger partial charge is 0.480 e. The van der Waals surface area contributed by atoms with Gasteiger partial charge in [0.1, 0.15) is 6.04 Å². The number of aromatic nitrogens is 1. The average molecular weight is 405 g/mol. The van der Waals surface area contributed by atoms with E-state index >= 15 is 0 Å². The molecule has 3 rings (SSSR count). The molecule has 0 saturated heterocycles. The van der Waals surface area contributed by atoms with Crippen molar-refractivity contribution in [3.8, 4) is 0 Å². The Bertz CT molecular complexity index is 909. The third-order valence-corrected chi connectivity index (χ3v) is 5.00. The number of thiophene rings is 1. The summed E-state index contributed by atoms with van der Waals surface area (Å²) in [7, 11) is 0. The number of fused-ring (bicyclic) bond motifs is 1. The van der Waals surface area contributed by atoms with Gasteiger partial charge in [0.25, 0.3) is 5.91 Å². The first-order chi connectivity index (χ1) is 11.5. The summed E-state index contributed by atoms with van der Waals surface area (Å²) in [5.74, 6) is -1.53. The number of nitrogens with one attached hydrogen (secondary N) is 1. The fourth-order valence-corrected chi connectivity index (χ4v) is 3.73. The van der Waals surface area contributed by atoms with Gasteiger partial charge in [-0.3, -0.25) is 9.78 Å². The van der Waals surface area contributed by atoms with Crippen molar-refractivity contribution in [1.82, 2.24) is 10.3 Å². The highest BCUT2D eigenvalue weighted by Gasteiger charge is 2.22. The summed E-state index contributed by atoms with van der Waals surface area (Å²) >= 11 is 4.81. The molecular weight excluding hydrogens is 392 g/mol. The van der Waals surface area contributed by atoms with Crippen molar-refractivity contribution in [2.24, 2.45) is 0 Å². The Kier molecular flexibility index (Phi) is 4.92. The van der Waals surface area contributed by atoms with Crippen LogP contribution >= 0.6 is 27.3 Å². The smallest absolute Gasteiger partial charge is 0.326 e. The highest BCUT2D eigenvalue weighted by Crippen LogP contribution is 2.26. The molecule has 2 aromatic heterocycles. The molecule has 0 bridgehead atoms. The van der Waals surface area contributed by atoms with E-state index in [1.54, 1.807) is 23.6 Å². The van der Waals surface area contributed by atoms with Crippen LogP contribution in [-0.4, -0.2) is 28.0 Å². The molecule has 0 aliphatic rings. The molecule has 5 nitrogen and oxygen atoms in total. The molecule has 0 aliphatic carbocycles. The van der Waals surface area contributed by atoms with E-state index in [4.69, 9.17) is 0 Å². The summed E-state index contributed by atoms with van der Waals surface area (Å²) in [6.07, 6.45) is 3.19. The maximum atomic E-state index is 12.3. The second kappa shape index (κ2) is 7.11. The summed E-state index contributed by atoms with van der Waals surface area (Å²) in [5, 5.41) is 15.0. The van der Waals surface area contributed by atoms with Gasteiger partial charge in [-0.05, 0) is 44.4 Å². The summed E-state index contributed by atoms with van der Waals surface area (Å²) in [4.78, 5) is 27.8.